The van der Waals surface area contributed by atoms with Gasteiger partial charge < -0.3 is 0 Å². The average Bonchev–Trinajstić information content (AvgIpc) is 2.11. The summed E-state index contributed by atoms with van der Waals surface area (Å²) in [6.45, 7) is 0. The molecule has 0 heterocycles. The molecule has 0 radical (unpaired) electrons. The van der Waals surface area contributed by atoms with Gasteiger partial charge in [-0.25, -0.2) is 0 Å². The molecule has 19 heavy (non-hydrogen) atoms. The van der Waals surface area contributed by atoms with Gasteiger partial charge in [0.25, 0.3) is 0 Å². The van der Waals surface area contributed by atoms with Crippen LogP contribution in [0.3, 0.4) is 0 Å². The molecule has 0 saturated heterocycles. The van der Waals surface area contributed by atoms with E-state index in [4.69, 9.17) is 0 Å². The zero-order valence-corrected chi connectivity index (χ0v) is 10.1. The summed E-state index contributed by atoms with van der Waals surface area (Å²) >= 11 is -6.08. The molecule has 14 heteroatoms. The number of halogens is 10. The van der Waals surface area contributed by atoms with Gasteiger partial charge in [0.15, 0.2) is 0 Å². The van der Waals surface area contributed by atoms with Crippen LogP contribution in [0.4, 0.5) is 39.5 Å². The van der Waals surface area contributed by atoms with Crippen molar-refractivity contribution in [2.45, 2.75) is 16.5 Å². The summed E-state index contributed by atoms with van der Waals surface area (Å²) < 4.78 is 105. The van der Waals surface area contributed by atoms with E-state index in [1.165, 1.54) is 0 Å². The fourth-order valence-electron chi connectivity index (χ4n) is 0.318. The van der Waals surface area contributed by atoms with E-state index in [2.05, 4.69) is 6.13 Å². The van der Waals surface area contributed by atoms with Crippen molar-refractivity contribution in [2.24, 2.45) is 0 Å². The van der Waals surface area contributed by atoms with Gasteiger partial charge in [-0.05, 0) is 0 Å². The molecule has 0 aliphatic rings. The molecule has 4 nitrogen and oxygen atoms in total. The quantitative estimate of drug-likeness (QED) is 0.390. The van der Waals surface area contributed by atoms with Gasteiger partial charge in [0.05, 0.1) is 0 Å². The first-order chi connectivity index (χ1) is 8.15. The Morgan fingerprint density at radius 3 is 1.11 bits per heavy atom. The summed E-state index contributed by atoms with van der Waals surface area (Å²) in [6, 6.07) is 0. The molecule has 0 aromatic carbocycles. The molecule has 0 unspecified atom stereocenters. The minimum absolute atomic E-state index is 2.77. The van der Waals surface area contributed by atoms with Gasteiger partial charge in [0.1, 0.15) is 0 Å². The standard InChI is InChI=1S/C5F9IO4/c6-3(7,8)1(16)18-15(5(12,13)14)19-2(17)4(9,10)11. The summed E-state index contributed by atoms with van der Waals surface area (Å²) in [5.41, 5.74) is 0. The molecular weight excluding hydrogens is 422 g/mol. The fraction of sp³-hybridized carbons (Fsp3) is 0.600. The van der Waals surface area contributed by atoms with E-state index in [-0.39, 0.29) is 0 Å². The summed E-state index contributed by atoms with van der Waals surface area (Å²) in [5.74, 6) is -6.80. The van der Waals surface area contributed by atoms with Crippen LogP contribution < -0.4 is 0 Å². The van der Waals surface area contributed by atoms with Gasteiger partial charge in [0, 0.05) is 0 Å². The van der Waals surface area contributed by atoms with E-state index in [0.717, 1.165) is 0 Å². The second kappa shape index (κ2) is 5.58. The number of hydrogen-bond donors (Lipinski definition) is 0. The van der Waals surface area contributed by atoms with Gasteiger partial charge in [-0.1, -0.05) is 0 Å². The Morgan fingerprint density at radius 1 is 0.684 bits per heavy atom. The van der Waals surface area contributed by atoms with Gasteiger partial charge in [-0.15, -0.1) is 0 Å². The summed E-state index contributed by atoms with van der Waals surface area (Å²) in [7, 11) is 0. The maximum absolute atomic E-state index is 12.0. The first-order valence-electron chi connectivity index (χ1n) is 3.51. The molecule has 0 aliphatic carbocycles. The Balaban J connectivity index is 4.98. The maximum atomic E-state index is 12.0. The van der Waals surface area contributed by atoms with Crippen LogP contribution in [-0.2, 0) is 15.7 Å². The normalized spacial score (nSPS) is 13.8. The van der Waals surface area contributed by atoms with Crippen molar-refractivity contribution < 1.29 is 55.2 Å². The predicted molar refractivity (Wildman–Crippen MR) is 44.4 cm³/mol. The van der Waals surface area contributed by atoms with E-state index in [1.807, 2.05) is 0 Å². The van der Waals surface area contributed by atoms with Gasteiger partial charge in [-0.3, -0.25) is 0 Å². The Hall–Kier alpha value is -0.960. The van der Waals surface area contributed by atoms with Crippen LogP contribution in [0.15, 0.2) is 0 Å². The van der Waals surface area contributed by atoms with Crippen LogP contribution in [0.5, 0.6) is 0 Å². The molecule has 0 rings (SSSR count). The van der Waals surface area contributed by atoms with Crippen LogP contribution in [0.2, 0.25) is 0 Å². The van der Waals surface area contributed by atoms with Crippen molar-refractivity contribution in [1.82, 2.24) is 0 Å². The molecule has 0 aliphatic heterocycles. The van der Waals surface area contributed by atoms with Crippen LogP contribution in [0.25, 0.3) is 0 Å². The van der Waals surface area contributed by atoms with Crippen molar-refractivity contribution in [2.75, 3.05) is 0 Å². The monoisotopic (exact) mass is 422 g/mol. The third-order valence-electron chi connectivity index (χ3n) is 0.918. The second-order valence-electron chi connectivity index (χ2n) is 2.37. The van der Waals surface area contributed by atoms with E-state index in [0.29, 0.717) is 0 Å². The third-order valence-corrected chi connectivity index (χ3v) is 3.52. The van der Waals surface area contributed by atoms with Gasteiger partial charge in [-0.2, -0.15) is 0 Å². The van der Waals surface area contributed by atoms with Crippen LogP contribution in [0, 0.1) is 0 Å². The number of carbonyl (C=O) groups excluding carboxylic acids is 2. The Bertz CT molecular complexity index is 327. The zero-order valence-electron chi connectivity index (χ0n) is 7.91. The molecule has 0 atom stereocenters. The Kier molecular flexibility index (Phi) is 5.29. The SMILES string of the molecule is O=C(OI(OC(=O)C(F)(F)F)C(F)(F)F)C(F)(F)F. The number of carbonyl (C=O) groups is 2. The fourth-order valence-corrected chi connectivity index (χ4v) is 2.13. The first-order valence-corrected chi connectivity index (χ1v) is 6.36. The zero-order chi connectivity index (χ0) is 15.6. The summed E-state index contributed by atoms with van der Waals surface area (Å²) in [6.07, 6.45) is -11.7. The molecule has 0 aromatic rings. The van der Waals surface area contributed by atoms with Gasteiger partial charge >= 0.3 is 104 Å². The van der Waals surface area contributed by atoms with Crippen molar-refractivity contribution in [3.05, 3.63) is 0 Å². The predicted octanol–water partition coefficient (Wildman–Crippen LogP) is 3.05. The molecule has 0 amide bonds. The van der Waals surface area contributed by atoms with Crippen LogP contribution >= 0.6 is 20.6 Å². The van der Waals surface area contributed by atoms with Gasteiger partial charge in [0.2, 0.25) is 0 Å². The van der Waals surface area contributed by atoms with E-state index < -0.39 is 49.1 Å². The van der Waals surface area contributed by atoms with E-state index in [9.17, 15) is 49.1 Å². The molecule has 0 saturated carbocycles. The third kappa shape index (κ3) is 6.15. The van der Waals surface area contributed by atoms with E-state index in [1.54, 1.807) is 0 Å². The molecule has 0 bridgehead atoms. The van der Waals surface area contributed by atoms with E-state index >= 15 is 0 Å². The molecule has 0 spiro atoms. The van der Waals surface area contributed by atoms with Crippen LogP contribution in [0.1, 0.15) is 0 Å². The molecule has 114 valence electrons. The summed E-state index contributed by atoms with van der Waals surface area (Å²) in [5, 5.41) is 0. The van der Waals surface area contributed by atoms with Crippen molar-refractivity contribution in [3.63, 3.8) is 0 Å². The van der Waals surface area contributed by atoms with Crippen molar-refractivity contribution >= 4 is 32.6 Å². The molecular formula is C5F9IO4. The molecule has 0 N–H and O–H groups in total. The first kappa shape index (κ1) is 18.0. The molecule has 0 aromatic heterocycles. The second-order valence-corrected chi connectivity index (χ2v) is 5.71. The Morgan fingerprint density at radius 2 is 0.947 bits per heavy atom. The molecule has 0 fully saturated rings. The van der Waals surface area contributed by atoms with Crippen LogP contribution in [-0.4, -0.2) is 28.5 Å². The number of alkyl halides is 10. The topological polar surface area (TPSA) is 52.6 Å². The average molecular weight is 422 g/mol. The number of rotatable bonds is 2. The van der Waals surface area contributed by atoms with Crippen molar-refractivity contribution in [3.8, 4) is 0 Å². The summed E-state index contributed by atoms with van der Waals surface area (Å²) in [4.78, 5) is 20.1. The van der Waals surface area contributed by atoms with Crippen molar-refractivity contribution in [1.29, 1.82) is 0 Å². The minimum atomic E-state index is -6.08. The Labute approximate surface area is 105 Å². The number of hydrogen-bond acceptors (Lipinski definition) is 4.